The molecule has 1 atom stereocenters. The van der Waals surface area contributed by atoms with Crippen LogP contribution in [0.3, 0.4) is 0 Å². The van der Waals surface area contributed by atoms with Crippen LogP contribution in [-0.4, -0.2) is 33.5 Å². The summed E-state index contributed by atoms with van der Waals surface area (Å²) >= 11 is 0. The third-order valence-electron chi connectivity index (χ3n) is 1.62. The first-order valence-corrected chi connectivity index (χ1v) is 4.37. The summed E-state index contributed by atoms with van der Waals surface area (Å²) in [7, 11) is 0. The van der Waals surface area contributed by atoms with Crippen LogP contribution in [0.5, 0.6) is 0 Å². The van der Waals surface area contributed by atoms with Crippen LogP contribution in [0, 0.1) is 0 Å². The highest BCUT2D eigenvalue weighted by Crippen LogP contribution is 2.01. The molecule has 0 aliphatic rings. The molecule has 0 bridgehead atoms. The summed E-state index contributed by atoms with van der Waals surface area (Å²) in [5.74, 6) is -0.959. The van der Waals surface area contributed by atoms with Crippen molar-refractivity contribution < 1.29 is 24.9 Å². The van der Waals surface area contributed by atoms with E-state index < -0.39 is 18.2 Å². The maximum absolute atomic E-state index is 10.4. The first-order chi connectivity index (χ1) is 7.43. The second-order valence-electron chi connectivity index (χ2n) is 2.92. The molecule has 0 amide bonds. The Morgan fingerprint density at radius 1 is 1.12 bits per heavy atom. The molecule has 1 aromatic carbocycles. The molecule has 0 fully saturated rings. The van der Waals surface area contributed by atoms with Crippen LogP contribution in [0.25, 0.3) is 0 Å². The average molecular weight is 227 g/mol. The number of aliphatic carboxylic acids is 1. The minimum Gasteiger partial charge on any atom is -0.480 e. The predicted octanol–water partition coefficient (Wildman–Crippen LogP) is 0.863. The van der Waals surface area contributed by atoms with Gasteiger partial charge < -0.3 is 21.1 Å². The highest BCUT2D eigenvalue weighted by Gasteiger charge is 2.10. The summed E-state index contributed by atoms with van der Waals surface area (Å²) in [5.41, 5.74) is 6.30. The fraction of sp³-hybridized carbons (Fsp3) is 0.200. The zero-order valence-corrected chi connectivity index (χ0v) is 8.41. The number of carboxylic acids is 1. The molecule has 6 heteroatoms. The van der Waals surface area contributed by atoms with Gasteiger partial charge in [-0.1, -0.05) is 30.3 Å². The molecule has 0 saturated carbocycles. The normalized spacial score (nSPS) is 10.8. The summed E-state index contributed by atoms with van der Waals surface area (Å²) in [6.45, 7) is 0. The van der Waals surface area contributed by atoms with Crippen LogP contribution in [0.4, 0.5) is 4.79 Å². The Morgan fingerprint density at radius 3 is 1.94 bits per heavy atom. The van der Waals surface area contributed by atoms with Crippen molar-refractivity contribution in [3.05, 3.63) is 35.9 Å². The van der Waals surface area contributed by atoms with Gasteiger partial charge in [0.15, 0.2) is 0 Å². The third-order valence-corrected chi connectivity index (χ3v) is 1.62. The zero-order valence-electron chi connectivity index (χ0n) is 8.41. The number of hydrogen-bond donors (Lipinski definition) is 4. The SMILES string of the molecule is N[C@@H](Cc1ccccc1)C(=O)O.O=C(O)O. The fourth-order valence-electron chi connectivity index (χ4n) is 0.955. The minimum absolute atomic E-state index is 0.385. The monoisotopic (exact) mass is 227 g/mol. The Balaban J connectivity index is 0.000000487. The van der Waals surface area contributed by atoms with Gasteiger partial charge in [0.05, 0.1) is 0 Å². The minimum atomic E-state index is -1.83. The van der Waals surface area contributed by atoms with Crippen molar-refractivity contribution in [2.75, 3.05) is 0 Å². The van der Waals surface area contributed by atoms with Gasteiger partial charge in [0.25, 0.3) is 0 Å². The van der Waals surface area contributed by atoms with Crippen molar-refractivity contribution in [2.45, 2.75) is 12.5 Å². The van der Waals surface area contributed by atoms with Gasteiger partial charge in [0, 0.05) is 0 Å². The Bertz CT molecular complexity index is 334. The Kier molecular flexibility index (Phi) is 6.30. The van der Waals surface area contributed by atoms with Crippen molar-refractivity contribution in [3.8, 4) is 0 Å². The summed E-state index contributed by atoms with van der Waals surface area (Å²) < 4.78 is 0. The topological polar surface area (TPSA) is 121 Å². The summed E-state index contributed by atoms with van der Waals surface area (Å²) in [5, 5.41) is 22.5. The first kappa shape index (κ1) is 13.9. The van der Waals surface area contributed by atoms with E-state index in [1.54, 1.807) is 0 Å². The predicted molar refractivity (Wildman–Crippen MR) is 56.4 cm³/mol. The van der Waals surface area contributed by atoms with Crippen LogP contribution in [0.2, 0.25) is 0 Å². The van der Waals surface area contributed by atoms with E-state index in [1.807, 2.05) is 30.3 Å². The molecule has 1 rings (SSSR count). The number of nitrogens with two attached hydrogens (primary N) is 1. The van der Waals surface area contributed by atoms with E-state index in [-0.39, 0.29) is 0 Å². The number of rotatable bonds is 3. The van der Waals surface area contributed by atoms with Gasteiger partial charge in [-0.2, -0.15) is 0 Å². The van der Waals surface area contributed by atoms with Gasteiger partial charge in [0.2, 0.25) is 0 Å². The van der Waals surface area contributed by atoms with E-state index in [4.69, 9.17) is 25.8 Å². The molecule has 0 heterocycles. The van der Waals surface area contributed by atoms with E-state index in [0.29, 0.717) is 6.42 Å². The van der Waals surface area contributed by atoms with Crippen LogP contribution < -0.4 is 5.73 Å². The molecule has 1 aromatic rings. The average Bonchev–Trinajstić information content (AvgIpc) is 2.18. The maximum atomic E-state index is 10.4. The number of carbonyl (C=O) groups is 2. The molecule has 5 N–H and O–H groups in total. The molecule has 0 aliphatic heterocycles. The maximum Gasteiger partial charge on any atom is 0.503 e. The smallest absolute Gasteiger partial charge is 0.480 e. The lowest BCUT2D eigenvalue weighted by molar-refractivity contribution is -0.138. The lowest BCUT2D eigenvalue weighted by atomic mass is 10.1. The Hall–Kier alpha value is -2.08. The fourth-order valence-corrected chi connectivity index (χ4v) is 0.955. The van der Waals surface area contributed by atoms with Crippen LogP contribution in [-0.2, 0) is 11.2 Å². The molecule has 0 aromatic heterocycles. The van der Waals surface area contributed by atoms with Crippen LogP contribution in [0.15, 0.2) is 30.3 Å². The second kappa shape index (κ2) is 7.24. The van der Waals surface area contributed by atoms with Crippen LogP contribution >= 0.6 is 0 Å². The second-order valence-corrected chi connectivity index (χ2v) is 2.92. The summed E-state index contributed by atoms with van der Waals surface area (Å²) in [6.07, 6.45) is -1.45. The van der Waals surface area contributed by atoms with Crippen molar-refractivity contribution in [2.24, 2.45) is 5.73 Å². The zero-order chi connectivity index (χ0) is 12.6. The summed E-state index contributed by atoms with van der Waals surface area (Å²) in [4.78, 5) is 18.9. The van der Waals surface area contributed by atoms with Crippen molar-refractivity contribution in [1.82, 2.24) is 0 Å². The van der Waals surface area contributed by atoms with Gasteiger partial charge in [-0.15, -0.1) is 0 Å². The van der Waals surface area contributed by atoms with E-state index in [9.17, 15) is 4.79 Å². The molecule has 6 nitrogen and oxygen atoms in total. The van der Waals surface area contributed by atoms with Crippen molar-refractivity contribution in [3.63, 3.8) is 0 Å². The van der Waals surface area contributed by atoms with Gasteiger partial charge in [-0.3, -0.25) is 4.79 Å². The van der Waals surface area contributed by atoms with Gasteiger partial charge in [-0.25, -0.2) is 4.79 Å². The van der Waals surface area contributed by atoms with Crippen molar-refractivity contribution >= 4 is 12.1 Å². The van der Waals surface area contributed by atoms with E-state index in [1.165, 1.54) is 0 Å². The quantitative estimate of drug-likeness (QED) is 0.607. The number of carboxylic acid groups (broad SMARTS) is 3. The van der Waals surface area contributed by atoms with Crippen molar-refractivity contribution in [1.29, 1.82) is 0 Å². The first-order valence-electron chi connectivity index (χ1n) is 4.37. The standard InChI is InChI=1S/C9H11NO2.CH2O3/c10-8(9(11)12)6-7-4-2-1-3-5-7;2-1(3)4/h1-5,8H,6,10H2,(H,11,12);(H2,2,3,4)/t8-;/m0./s1. The summed E-state index contributed by atoms with van der Waals surface area (Å²) in [6, 6.07) is 8.54. The highest BCUT2D eigenvalue weighted by molar-refractivity contribution is 5.73. The van der Waals surface area contributed by atoms with E-state index in [0.717, 1.165) is 5.56 Å². The molecule has 0 radical (unpaired) electrons. The highest BCUT2D eigenvalue weighted by atomic mass is 16.6. The van der Waals surface area contributed by atoms with Gasteiger partial charge in [-0.05, 0) is 12.0 Å². The molecular formula is C10H13NO5. The Labute approximate surface area is 91.9 Å². The lowest BCUT2D eigenvalue weighted by Crippen LogP contribution is -2.32. The third kappa shape index (κ3) is 7.34. The van der Waals surface area contributed by atoms with E-state index in [2.05, 4.69) is 0 Å². The number of hydrogen-bond acceptors (Lipinski definition) is 3. The molecule has 0 unspecified atom stereocenters. The molecule has 0 saturated heterocycles. The molecular weight excluding hydrogens is 214 g/mol. The number of benzene rings is 1. The lowest BCUT2D eigenvalue weighted by Gasteiger charge is -2.04. The molecule has 0 aliphatic carbocycles. The largest absolute Gasteiger partial charge is 0.503 e. The van der Waals surface area contributed by atoms with Gasteiger partial charge in [0.1, 0.15) is 6.04 Å². The van der Waals surface area contributed by atoms with Gasteiger partial charge >= 0.3 is 12.1 Å². The molecule has 88 valence electrons. The molecule has 16 heavy (non-hydrogen) atoms. The van der Waals surface area contributed by atoms with E-state index >= 15 is 0 Å². The Morgan fingerprint density at radius 2 is 1.56 bits per heavy atom. The molecule has 0 spiro atoms. The van der Waals surface area contributed by atoms with Crippen LogP contribution in [0.1, 0.15) is 5.56 Å².